The van der Waals surface area contributed by atoms with Crippen molar-refractivity contribution in [3.63, 3.8) is 0 Å². The van der Waals surface area contributed by atoms with Crippen LogP contribution in [0.25, 0.3) is 11.3 Å². The van der Waals surface area contributed by atoms with Crippen LogP contribution in [0.4, 0.5) is 14.5 Å². The predicted octanol–water partition coefficient (Wildman–Crippen LogP) is 3.89. The summed E-state index contributed by atoms with van der Waals surface area (Å²) in [5.74, 6) is -0.566. The summed E-state index contributed by atoms with van der Waals surface area (Å²) in [4.78, 5) is 16.8. The van der Waals surface area contributed by atoms with Gasteiger partial charge in [0, 0.05) is 37.5 Å². The standard InChI is InChI=1S/C21H17F2N5O3/c1-12-24-19(27-31-12)11-30-15-6-4-14(5-7-15)25-21(29)17-10-28(2)26-20(17)16-8-3-13(22)9-18(16)23/h3-10H,11H2,1-2H3,(H,25,29). The third-order valence-corrected chi connectivity index (χ3v) is 4.31. The van der Waals surface area contributed by atoms with E-state index in [9.17, 15) is 13.6 Å². The number of amides is 1. The minimum absolute atomic E-state index is 0.0348. The van der Waals surface area contributed by atoms with Gasteiger partial charge in [0.1, 0.15) is 23.1 Å². The second kappa shape index (κ2) is 8.34. The molecule has 0 aliphatic rings. The van der Waals surface area contributed by atoms with Gasteiger partial charge in [-0.25, -0.2) is 8.78 Å². The van der Waals surface area contributed by atoms with Gasteiger partial charge in [0.25, 0.3) is 5.91 Å². The topological polar surface area (TPSA) is 95.1 Å². The van der Waals surface area contributed by atoms with E-state index in [4.69, 9.17) is 9.26 Å². The zero-order valence-electron chi connectivity index (χ0n) is 16.6. The molecule has 0 aliphatic heterocycles. The summed E-state index contributed by atoms with van der Waals surface area (Å²) >= 11 is 0. The second-order valence-corrected chi connectivity index (χ2v) is 6.69. The van der Waals surface area contributed by atoms with E-state index in [1.165, 1.54) is 16.9 Å². The Labute approximate surface area is 175 Å². The van der Waals surface area contributed by atoms with Crippen LogP contribution in [0.1, 0.15) is 22.1 Å². The van der Waals surface area contributed by atoms with Crippen LogP contribution in [0.5, 0.6) is 5.75 Å². The molecule has 0 bridgehead atoms. The third-order valence-electron chi connectivity index (χ3n) is 4.31. The molecule has 1 N–H and O–H groups in total. The van der Waals surface area contributed by atoms with Gasteiger partial charge in [0.05, 0.1) is 5.56 Å². The number of carbonyl (C=O) groups excluding carboxylic acids is 1. The molecule has 0 atom stereocenters. The molecule has 0 saturated heterocycles. The Balaban J connectivity index is 1.47. The van der Waals surface area contributed by atoms with E-state index in [-0.39, 0.29) is 23.4 Å². The van der Waals surface area contributed by atoms with E-state index in [0.717, 1.165) is 12.1 Å². The number of anilines is 1. The first kappa shape index (κ1) is 20.2. The van der Waals surface area contributed by atoms with Crippen LogP contribution in [0.15, 0.2) is 53.2 Å². The molecule has 2 heterocycles. The summed E-state index contributed by atoms with van der Waals surface area (Å²) in [6, 6.07) is 9.77. The van der Waals surface area contributed by atoms with Gasteiger partial charge in [-0.15, -0.1) is 0 Å². The molecule has 8 nitrogen and oxygen atoms in total. The van der Waals surface area contributed by atoms with E-state index in [0.29, 0.717) is 23.2 Å². The van der Waals surface area contributed by atoms with Crippen molar-refractivity contribution < 1.29 is 22.8 Å². The summed E-state index contributed by atoms with van der Waals surface area (Å²) in [6.45, 7) is 1.83. The van der Waals surface area contributed by atoms with Crippen LogP contribution in [0.2, 0.25) is 0 Å². The average molecular weight is 425 g/mol. The Morgan fingerprint density at radius 3 is 2.65 bits per heavy atom. The monoisotopic (exact) mass is 425 g/mol. The summed E-state index contributed by atoms with van der Waals surface area (Å²) in [5.41, 5.74) is 0.809. The molecule has 0 aliphatic carbocycles. The quantitative estimate of drug-likeness (QED) is 0.504. The van der Waals surface area contributed by atoms with Gasteiger partial charge in [-0.05, 0) is 36.4 Å². The maximum Gasteiger partial charge on any atom is 0.259 e. The van der Waals surface area contributed by atoms with E-state index in [2.05, 4.69) is 20.6 Å². The van der Waals surface area contributed by atoms with E-state index >= 15 is 0 Å². The van der Waals surface area contributed by atoms with E-state index in [1.54, 1.807) is 38.2 Å². The SMILES string of the molecule is Cc1nc(COc2ccc(NC(=O)c3cn(C)nc3-c3ccc(F)cc3F)cc2)no1. The van der Waals surface area contributed by atoms with Crippen LogP contribution in [0.3, 0.4) is 0 Å². The van der Waals surface area contributed by atoms with Gasteiger partial charge in [-0.2, -0.15) is 10.1 Å². The van der Waals surface area contributed by atoms with Gasteiger partial charge in [0.2, 0.25) is 11.7 Å². The molecule has 0 saturated carbocycles. The number of benzene rings is 2. The molecule has 1 amide bonds. The lowest BCUT2D eigenvalue weighted by Crippen LogP contribution is -2.12. The third kappa shape index (κ3) is 4.58. The number of aryl methyl sites for hydroxylation is 2. The van der Waals surface area contributed by atoms with Crippen molar-refractivity contribution in [2.45, 2.75) is 13.5 Å². The zero-order chi connectivity index (χ0) is 22.0. The Morgan fingerprint density at radius 2 is 1.97 bits per heavy atom. The summed E-state index contributed by atoms with van der Waals surface area (Å²) in [6.07, 6.45) is 1.47. The molecular weight excluding hydrogens is 408 g/mol. The smallest absolute Gasteiger partial charge is 0.259 e. The molecule has 2 aromatic heterocycles. The molecule has 4 rings (SSSR count). The molecule has 0 spiro atoms. The number of nitrogens with zero attached hydrogens (tertiary/aromatic N) is 4. The number of ether oxygens (including phenoxy) is 1. The molecule has 0 radical (unpaired) electrons. The first-order valence-electron chi connectivity index (χ1n) is 9.21. The number of aromatic nitrogens is 4. The first-order valence-corrected chi connectivity index (χ1v) is 9.21. The van der Waals surface area contributed by atoms with Gasteiger partial charge in [-0.1, -0.05) is 5.16 Å². The van der Waals surface area contributed by atoms with Gasteiger partial charge < -0.3 is 14.6 Å². The van der Waals surface area contributed by atoms with Crippen molar-refractivity contribution in [2.75, 3.05) is 5.32 Å². The van der Waals surface area contributed by atoms with Crippen LogP contribution in [-0.4, -0.2) is 25.8 Å². The molecule has 10 heteroatoms. The maximum absolute atomic E-state index is 14.2. The van der Waals surface area contributed by atoms with Gasteiger partial charge in [0.15, 0.2) is 6.61 Å². The van der Waals surface area contributed by atoms with Crippen molar-refractivity contribution in [2.24, 2.45) is 7.05 Å². The molecule has 2 aromatic carbocycles. The Kier molecular flexibility index (Phi) is 5.44. The molecule has 158 valence electrons. The van der Waals surface area contributed by atoms with Crippen molar-refractivity contribution in [1.29, 1.82) is 0 Å². The lowest BCUT2D eigenvalue weighted by molar-refractivity contribution is 0.102. The Bertz CT molecular complexity index is 1230. The highest BCUT2D eigenvalue weighted by atomic mass is 19.1. The number of rotatable bonds is 6. The molecular formula is C21H17F2N5O3. The maximum atomic E-state index is 14.2. The second-order valence-electron chi connectivity index (χ2n) is 6.69. The summed E-state index contributed by atoms with van der Waals surface area (Å²) < 4.78 is 39.3. The van der Waals surface area contributed by atoms with Crippen molar-refractivity contribution >= 4 is 11.6 Å². The van der Waals surface area contributed by atoms with E-state index in [1.807, 2.05) is 0 Å². The van der Waals surface area contributed by atoms with Crippen LogP contribution < -0.4 is 10.1 Å². The van der Waals surface area contributed by atoms with Gasteiger partial charge >= 0.3 is 0 Å². The lowest BCUT2D eigenvalue weighted by atomic mass is 10.1. The molecule has 31 heavy (non-hydrogen) atoms. The highest BCUT2D eigenvalue weighted by Gasteiger charge is 2.20. The van der Waals surface area contributed by atoms with Crippen molar-refractivity contribution in [1.82, 2.24) is 19.9 Å². The number of nitrogens with one attached hydrogen (secondary N) is 1. The van der Waals surface area contributed by atoms with Crippen LogP contribution in [0, 0.1) is 18.6 Å². The first-order chi connectivity index (χ1) is 14.9. The Morgan fingerprint density at radius 1 is 1.19 bits per heavy atom. The number of hydrogen-bond donors (Lipinski definition) is 1. The fourth-order valence-electron chi connectivity index (χ4n) is 2.92. The summed E-state index contributed by atoms with van der Waals surface area (Å²) in [7, 11) is 1.61. The van der Waals surface area contributed by atoms with E-state index < -0.39 is 17.5 Å². The van der Waals surface area contributed by atoms with Crippen LogP contribution in [-0.2, 0) is 13.7 Å². The minimum Gasteiger partial charge on any atom is -0.485 e. The van der Waals surface area contributed by atoms with Crippen molar-refractivity contribution in [3.05, 3.63) is 77.6 Å². The number of carbonyl (C=O) groups is 1. The normalized spacial score (nSPS) is 10.8. The number of hydrogen-bond acceptors (Lipinski definition) is 6. The summed E-state index contributed by atoms with van der Waals surface area (Å²) in [5, 5.41) is 10.6. The lowest BCUT2D eigenvalue weighted by Gasteiger charge is -2.08. The largest absolute Gasteiger partial charge is 0.485 e. The molecule has 0 fully saturated rings. The highest BCUT2D eigenvalue weighted by Crippen LogP contribution is 2.26. The molecule has 0 unspecified atom stereocenters. The average Bonchev–Trinajstić information content (AvgIpc) is 3.33. The van der Waals surface area contributed by atoms with Gasteiger partial charge in [-0.3, -0.25) is 9.48 Å². The molecule has 4 aromatic rings. The fourth-order valence-corrected chi connectivity index (χ4v) is 2.92. The fraction of sp³-hybridized carbons (Fsp3) is 0.143. The Hall–Kier alpha value is -4.08. The van der Waals surface area contributed by atoms with Crippen LogP contribution >= 0.6 is 0 Å². The number of halogens is 2. The van der Waals surface area contributed by atoms with Crippen molar-refractivity contribution in [3.8, 4) is 17.0 Å². The predicted molar refractivity (Wildman–Crippen MR) is 106 cm³/mol. The zero-order valence-corrected chi connectivity index (χ0v) is 16.6. The highest BCUT2D eigenvalue weighted by molar-refractivity contribution is 6.08. The minimum atomic E-state index is -0.800.